The van der Waals surface area contributed by atoms with E-state index in [1.54, 1.807) is 12.3 Å². The molecule has 1 aliphatic heterocycles. The first kappa shape index (κ1) is 18.9. The molecule has 0 aromatic heterocycles. The molecule has 0 spiro atoms. The third-order valence-electron chi connectivity index (χ3n) is 4.57. The van der Waals surface area contributed by atoms with Gasteiger partial charge in [0.2, 0.25) is 0 Å². The van der Waals surface area contributed by atoms with Gasteiger partial charge in [-0.3, -0.25) is 4.79 Å². The van der Waals surface area contributed by atoms with Gasteiger partial charge in [-0.1, -0.05) is 13.8 Å². The van der Waals surface area contributed by atoms with Crippen molar-refractivity contribution in [3.63, 3.8) is 0 Å². The first-order valence-electron chi connectivity index (χ1n) is 9.14. The fourth-order valence-electron chi connectivity index (χ4n) is 2.95. The molecule has 2 N–H and O–H groups in total. The Balaban J connectivity index is 1.59. The van der Waals surface area contributed by atoms with Crippen molar-refractivity contribution in [2.24, 2.45) is 0 Å². The standard InChI is InChI=1S/C21H24FN3O2/c1-3-25(4-2)11-12-27-17-8-6-16(7-9-17)23-14-19-18-10-5-15(22)13-20(18)24-21(19)26/h5-10,13-14,23H,3-4,11-12H2,1-2H3,(H,24,26). The van der Waals surface area contributed by atoms with Crippen LogP contribution in [0.1, 0.15) is 19.4 Å². The molecule has 6 heteroatoms. The number of carbonyl (C=O) groups is 1. The Morgan fingerprint density at radius 1 is 1.15 bits per heavy atom. The zero-order valence-electron chi connectivity index (χ0n) is 15.6. The Morgan fingerprint density at radius 3 is 2.59 bits per heavy atom. The van der Waals surface area contributed by atoms with Crippen molar-refractivity contribution in [2.45, 2.75) is 13.8 Å². The van der Waals surface area contributed by atoms with Gasteiger partial charge in [0, 0.05) is 24.0 Å². The molecule has 0 bridgehead atoms. The Kier molecular flexibility index (Phi) is 6.08. The summed E-state index contributed by atoms with van der Waals surface area (Å²) < 4.78 is 19.0. The van der Waals surface area contributed by atoms with Gasteiger partial charge in [-0.05, 0) is 55.6 Å². The Morgan fingerprint density at radius 2 is 1.89 bits per heavy atom. The Hall–Kier alpha value is -2.86. The van der Waals surface area contributed by atoms with Crippen LogP contribution in [0.25, 0.3) is 5.57 Å². The SMILES string of the molecule is CCN(CC)CCOc1ccc(NC=C2C(=O)Nc3cc(F)ccc32)cc1. The second-order valence-electron chi connectivity index (χ2n) is 6.25. The minimum absolute atomic E-state index is 0.251. The first-order chi connectivity index (χ1) is 13.1. The monoisotopic (exact) mass is 369 g/mol. The number of nitrogens with zero attached hydrogens (tertiary/aromatic N) is 1. The molecule has 2 aromatic rings. The molecule has 3 rings (SSSR count). The second kappa shape index (κ2) is 8.68. The molecule has 27 heavy (non-hydrogen) atoms. The van der Waals surface area contributed by atoms with Crippen molar-refractivity contribution < 1.29 is 13.9 Å². The molecule has 0 saturated carbocycles. The third kappa shape index (κ3) is 4.65. The van der Waals surface area contributed by atoms with E-state index < -0.39 is 0 Å². The number of anilines is 2. The van der Waals surface area contributed by atoms with Crippen LogP contribution in [0.5, 0.6) is 5.75 Å². The van der Waals surface area contributed by atoms with E-state index in [4.69, 9.17) is 4.74 Å². The van der Waals surface area contributed by atoms with Crippen molar-refractivity contribution in [1.82, 2.24) is 4.90 Å². The number of ether oxygens (including phenoxy) is 1. The van der Waals surface area contributed by atoms with Gasteiger partial charge in [-0.2, -0.15) is 0 Å². The quantitative estimate of drug-likeness (QED) is 0.692. The van der Waals surface area contributed by atoms with Crippen molar-refractivity contribution in [1.29, 1.82) is 0 Å². The Labute approximate surface area is 158 Å². The lowest BCUT2D eigenvalue weighted by molar-refractivity contribution is -0.110. The largest absolute Gasteiger partial charge is 0.492 e. The lowest BCUT2D eigenvalue weighted by atomic mass is 10.1. The minimum atomic E-state index is -0.375. The molecule has 2 aromatic carbocycles. The molecule has 1 heterocycles. The molecular weight excluding hydrogens is 345 g/mol. The number of nitrogens with one attached hydrogen (secondary N) is 2. The normalized spacial score (nSPS) is 14.4. The zero-order valence-corrected chi connectivity index (χ0v) is 15.6. The average Bonchev–Trinajstić information content (AvgIpc) is 2.98. The van der Waals surface area contributed by atoms with Crippen molar-refractivity contribution in [2.75, 3.05) is 36.9 Å². The van der Waals surface area contributed by atoms with E-state index in [1.165, 1.54) is 12.1 Å². The van der Waals surface area contributed by atoms with Crippen LogP contribution < -0.4 is 15.4 Å². The van der Waals surface area contributed by atoms with Gasteiger partial charge in [-0.15, -0.1) is 0 Å². The average molecular weight is 369 g/mol. The first-order valence-corrected chi connectivity index (χ1v) is 9.14. The molecule has 0 radical (unpaired) electrons. The predicted molar refractivity (Wildman–Crippen MR) is 106 cm³/mol. The van der Waals surface area contributed by atoms with Gasteiger partial charge in [-0.25, -0.2) is 4.39 Å². The summed E-state index contributed by atoms with van der Waals surface area (Å²) in [6.45, 7) is 7.84. The number of halogens is 1. The van der Waals surface area contributed by atoms with Crippen LogP contribution >= 0.6 is 0 Å². The number of likely N-dealkylation sites (N-methyl/N-ethyl adjacent to an activating group) is 1. The number of amides is 1. The molecule has 0 saturated heterocycles. The predicted octanol–water partition coefficient (Wildman–Crippen LogP) is 3.95. The lowest BCUT2D eigenvalue weighted by Crippen LogP contribution is -2.27. The molecular formula is C21H24FN3O2. The lowest BCUT2D eigenvalue weighted by Gasteiger charge is -2.18. The number of fused-ring (bicyclic) bond motifs is 1. The number of hydrogen-bond acceptors (Lipinski definition) is 4. The van der Waals surface area contributed by atoms with Crippen LogP contribution in [-0.4, -0.2) is 37.0 Å². The summed E-state index contributed by atoms with van der Waals surface area (Å²) in [5.74, 6) is 0.180. The van der Waals surface area contributed by atoms with Crippen LogP contribution in [0, 0.1) is 5.82 Å². The van der Waals surface area contributed by atoms with Crippen LogP contribution in [-0.2, 0) is 4.79 Å². The summed E-state index contributed by atoms with van der Waals surface area (Å²) in [5.41, 5.74) is 2.49. The van der Waals surface area contributed by atoms with Crippen LogP contribution in [0.4, 0.5) is 15.8 Å². The maximum absolute atomic E-state index is 13.3. The van der Waals surface area contributed by atoms with E-state index >= 15 is 0 Å². The highest BCUT2D eigenvalue weighted by molar-refractivity contribution is 6.31. The van der Waals surface area contributed by atoms with Gasteiger partial charge >= 0.3 is 0 Å². The molecule has 0 atom stereocenters. The number of hydrogen-bond donors (Lipinski definition) is 2. The van der Waals surface area contributed by atoms with Crippen LogP contribution in [0.3, 0.4) is 0 Å². The maximum atomic E-state index is 13.3. The van der Waals surface area contributed by atoms with E-state index in [2.05, 4.69) is 29.4 Å². The van der Waals surface area contributed by atoms with Gasteiger partial charge < -0.3 is 20.3 Å². The van der Waals surface area contributed by atoms with Crippen molar-refractivity contribution in [3.05, 3.63) is 60.0 Å². The molecule has 0 aliphatic carbocycles. The highest BCUT2D eigenvalue weighted by atomic mass is 19.1. The summed E-state index contributed by atoms with van der Waals surface area (Å²) in [5, 5.41) is 5.78. The van der Waals surface area contributed by atoms with E-state index in [-0.39, 0.29) is 11.7 Å². The van der Waals surface area contributed by atoms with E-state index in [1.807, 2.05) is 24.3 Å². The summed E-state index contributed by atoms with van der Waals surface area (Å²) in [6, 6.07) is 11.8. The number of benzene rings is 2. The molecule has 1 amide bonds. The Bertz CT molecular complexity index is 830. The summed E-state index contributed by atoms with van der Waals surface area (Å²) >= 11 is 0. The summed E-state index contributed by atoms with van der Waals surface area (Å²) in [7, 11) is 0. The van der Waals surface area contributed by atoms with Crippen molar-refractivity contribution in [3.8, 4) is 5.75 Å². The second-order valence-corrected chi connectivity index (χ2v) is 6.25. The van der Waals surface area contributed by atoms with Crippen LogP contribution in [0.2, 0.25) is 0 Å². The van der Waals surface area contributed by atoms with E-state index in [0.29, 0.717) is 23.4 Å². The fraction of sp³-hybridized carbons (Fsp3) is 0.286. The molecule has 0 fully saturated rings. The third-order valence-corrected chi connectivity index (χ3v) is 4.57. The number of rotatable bonds is 8. The maximum Gasteiger partial charge on any atom is 0.257 e. The molecule has 5 nitrogen and oxygen atoms in total. The highest BCUT2D eigenvalue weighted by Crippen LogP contribution is 2.32. The van der Waals surface area contributed by atoms with E-state index in [0.717, 1.165) is 31.1 Å². The van der Waals surface area contributed by atoms with Gasteiger partial charge in [0.15, 0.2) is 0 Å². The van der Waals surface area contributed by atoms with E-state index in [9.17, 15) is 9.18 Å². The molecule has 0 unspecified atom stereocenters. The number of carbonyl (C=O) groups excluding carboxylic acids is 1. The van der Waals surface area contributed by atoms with Gasteiger partial charge in [0.05, 0.1) is 11.3 Å². The highest BCUT2D eigenvalue weighted by Gasteiger charge is 2.24. The topological polar surface area (TPSA) is 53.6 Å². The minimum Gasteiger partial charge on any atom is -0.492 e. The summed E-state index contributed by atoms with van der Waals surface area (Å²) in [4.78, 5) is 14.4. The van der Waals surface area contributed by atoms with Gasteiger partial charge in [0.1, 0.15) is 18.2 Å². The van der Waals surface area contributed by atoms with Crippen LogP contribution in [0.15, 0.2) is 48.7 Å². The fourth-order valence-corrected chi connectivity index (χ4v) is 2.95. The zero-order chi connectivity index (χ0) is 19.2. The summed E-state index contributed by atoms with van der Waals surface area (Å²) in [6.07, 6.45) is 1.63. The molecule has 1 aliphatic rings. The molecule has 142 valence electrons. The smallest absolute Gasteiger partial charge is 0.257 e. The van der Waals surface area contributed by atoms with Gasteiger partial charge in [0.25, 0.3) is 5.91 Å². The van der Waals surface area contributed by atoms with Crippen molar-refractivity contribution >= 4 is 22.9 Å².